The van der Waals surface area contributed by atoms with Crippen LogP contribution in [0.15, 0.2) is 109 Å². The quantitative estimate of drug-likeness (QED) is 0.0204. The fourth-order valence-corrected chi connectivity index (χ4v) is 12.1. The lowest BCUT2D eigenvalue weighted by Crippen LogP contribution is -2.65. The van der Waals surface area contributed by atoms with Crippen molar-refractivity contribution in [1.82, 2.24) is 5.32 Å². The number of aliphatic hydroxyl groups excluding tert-OH is 8. The first-order chi connectivity index (χ1) is 46.6. The van der Waals surface area contributed by atoms with Crippen LogP contribution < -0.4 is 5.32 Å². The Labute approximate surface area is 578 Å². The Morgan fingerprint density at radius 2 is 0.726 bits per heavy atom. The van der Waals surface area contributed by atoms with Crippen molar-refractivity contribution < 1.29 is 64.6 Å². The lowest BCUT2D eigenvalue weighted by molar-refractivity contribution is -0.359. The second kappa shape index (κ2) is 64.1. The number of ether oxygens (including phenoxy) is 4. The van der Waals surface area contributed by atoms with Crippen LogP contribution in [-0.4, -0.2) is 140 Å². The van der Waals surface area contributed by atoms with Crippen molar-refractivity contribution in [2.75, 3.05) is 19.8 Å². The van der Waals surface area contributed by atoms with E-state index >= 15 is 0 Å². The molecule has 14 heteroatoms. The van der Waals surface area contributed by atoms with Gasteiger partial charge in [0.15, 0.2) is 12.6 Å². The summed E-state index contributed by atoms with van der Waals surface area (Å²) in [6.07, 6.45) is 75.7. The maximum absolute atomic E-state index is 13.4. The van der Waals surface area contributed by atoms with E-state index < -0.39 is 86.8 Å². The van der Waals surface area contributed by atoms with Gasteiger partial charge in [-0.2, -0.15) is 0 Å². The third kappa shape index (κ3) is 47.4. The molecule has 0 aliphatic carbocycles. The average Bonchev–Trinajstić information content (AvgIpc) is 0.800. The van der Waals surface area contributed by atoms with Gasteiger partial charge in [0.1, 0.15) is 48.8 Å². The number of allylic oxidation sites excluding steroid dienone is 17. The van der Waals surface area contributed by atoms with Gasteiger partial charge in [-0.25, -0.2) is 0 Å². The van der Waals surface area contributed by atoms with Gasteiger partial charge in [0, 0.05) is 6.42 Å². The van der Waals surface area contributed by atoms with E-state index in [2.05, 4.69) is 116 Å². The Morgan fingerprint density at radius 3 is 1.12 bits per heavy atom. The number of unbranched alkanes of at least 4 members (excludes halogenated alkanes) is 34. The average molecular weight is 1340 g/mol. The van der Waals surface area contributed by atoms with Crippen LogP contribution in [0.2, 0.25) is 0 Å². The smallest absolute Gasteiger partial charge is 0.220 e. The van der Waals surface area contributed by atoms with Crippen LogP contribution >= 0.6 is 0 Å². The van der Waals surface area contributed by atoms with E-state index in [-0.39, 0.29) is 18.9 Å². The SMILES string of the molecule is CC/C=C\C/C=C\C/C=C\C/C=C\C/C=C\C/C=C\C/C=C\C/C=C\CCCCCCCCCCCCC(=O)NC(COC1OC(CO)C(OC2OC(CO)C(O)C(O)C2O)C(O)C1O)C(O)/C=C/CCCCCCCCCCCCCCCCCCCCCCCCCC. The molecule has 12 unspecified atom stereocenters. The van der Waals surface area contributed by atoms with Gasteiger partial charge in [0.25, 0.3) is 0 Å². The highest BCUT2D eigenvalue weighted by Crippen LogP contribution is 2.30. The number of nitrogens with one attached hydrogen (secondary N) is 1. The molecule has 2 saturated heterocycles. The first kappa shape index (κ1) is 87.7. The topological polar surface area (TPSA) is 228 Å². The Morgan fingerprint density at radius 1 is 0.389 bits per heavy atom. The number of amides is 1. The van der Waals surface area contributed by atoms with E-state index in [9.17, 15) is 45.6 Å². The molecule has 2 rings (SSSR count). The second-order valence-electron chi connectivity index (χ2n) is 26.8. The molecule has 95 heavy (non-hydrogen) atoms. The summed E-state index contributed by atoms with van der Waals surface area (Å²) in [6.45, 7) is 2.71. The molecule has 2 aliphatic rings. The number of carbonyl (C=O) groups is 1. The van der Waals surface area contributed by atoms with Crippen LogP contribution in [0.4, 0.5) is 0 Å². The molecule has 0 bridgehead atoms. The van der Waals surface area contributed by atoms with Crippen LogP contribution in [0, 0.1) is 0 Å². The van der Waals surface area contributed by atoms with Crippen LogP contribution in [0.5, 0.6) is 0 Å². The third-order valence-corrected chi connectivity index (χ3v) is 18.2. The van der Waals surface area contributed by atoms with Crippen molar-refractivity contribution in [1.29, 1.82) is 0 Å². The Hall–Kier alpha value is -3.35. The van der Waals surface area contributed by atoms with Crippen molar-refractivity contribution in [3.8, 4) is 0 Å². The molecule has 0 saturated carbocycles. The molecule has 2 fully saturated rings. The van der Waals surface area contributed by atoms with Crippen molar-refractivity contribution in [3.05, 3.63) is 109 Å². The van der Waals surface area contributed by atoms with Crippen LogP contribution in [0.1, 0.15) is 303 Å². The van der Waals surface area contributed by atoms with E-state index in [1.165, 1.54) is 180 Å². The number of rotatable bonds is 63. The van der Waals surface area contributed by atoms with Gasteiger partial charge >= 0.3 is 0 Å². The zero-order chi connectivity index (χ0) is 68.7. The molecule has 14 nitrogen and oxygen atoms in total. The van der Waals surface area contributed by atoms with E-state index in [1.54, 1.807) is 6.08 Å². The second-order valence-corrected chi connectivity index (χ2v) is 26.8. The predicted octanol–water partition coefficient (Wildman–Crippen LogP) is 17.1. The number of aliphatic hydroxyl groups is 8. The molecule has 0 aromatic carbocycles. The molecular weight excluding hydrogens is 1190 g/mol. The highest BCUT2D eigenvalue weighted by molar-refractivity contribution is 5.76. The van der Waals surface area contributed by atoms with Gasteiger partial charge in [-0.1, -0.05) is 322 Å². The third-order valence-electron chi connectivity index (χ3n) is 18.2. The minimum Gasteiger partial charge on any atom is -0.394 e. The molecule has 12 atom stereocenters. The van der Waals surface area contributed by atoms with E-state index in [1.807, 2.05) is 6.08 Å². The fourth-order valence-electron chi connectivity index (χ4n) is 12.1. The minimum absolute atomic E-state index is 0.245. The normalized spacial score (nSPS) is 23.0. The van der Waals surface area contributed by atoms with Gasteiger partial charge in [0.05, 0.1) is 32.0 Å². The molecule has 0 radical (unpaired) electrons. The van der Waals surface area contributed by atoms with Crippen LogP contribution in [0.3, 0.4) is 0 Å². The summed E-state index contributed by atoms with van der Waals surface area (Å²) in [5.74, 6) is -0.245. The minimum atomic E-state index is -1.79. The largest absolute Gasteiger partial charge is 0.394 e. The molecule has 548 valence electrons. The van der Waals surface area contributed by atoms with E-state index in [4.69, 9.17) is 18.9 Å². The van der Waals surface area contributed by atoms with Gasteiger partial charge in [-0.3, -0.25) is 4.79 Å². The lowest BCUT2D eigenvalue weighted by atomic mass is 9.97. The lowest BCUT2D eigenvalue weighted by Gasteiger charge is -2.46. The van der Waals surface area contributed by atoms with Crippen molar-refractivity contribution in [2.45, 2.75) is 376 Å². The monoisotopic (exact) mass is 1340 g/mol. The van der Waals surface area contributed by atoms with Gasteiger partial charge in [0.2, 0.25) is 5.91 Å². The van der Waals surface area contributed by atoms with Gasteiger partial charge < -0.3 is 65.1 Å². The molecular formula is C81H141NO13. The van der Waals surface area contributed by atoms with Crippen molar-refractivity contribution >= 4 is 5.91 Å². The fraction of sp³-hybridized carbons (Fsp3) is 0.765. The van der Waals surface area contributed by atoms with Gasteiger partial charge in [-0.05, 0) is 83.5 Å². The zero-order valence-corrected chi connectivity index (χ0v) is 59.9. The highest BCUT2D eigenvalue weighted by Gasteiger charge is 2.51. The molecule has 2 aliphatic heterocycles. The van der Waals surface area contributed by atoms with E-state index in [0.717, 1.165) is 96.3 Å². The number of carbonyl (C=O) groups excluding carboxylic acids is 1. The molecule has 9 N–H and O–H groups in total. The zero-order valence-electron chi connectivity index (χ0n) is 59.9. The summed E-state index contributed by atoms with van der Waals surface area (Å²) >= 11 is 0. The molecule has 0 aromatic heterocycles. The first-order valence-corrected chi connectivity index (χ1v) is 38.6. The molecule has 1 amide bonds. The standard InChI is InChI=1S/C81H141NO13/c1-3-5-7-9-11-13-15-17-19-21-23-25-27-29-31-32-33-34-35-36-37-38-39-41-43-45-47-49-51-53-55-57-59-61-63-65-73(86)82-69(68-92-80-78(91)76(89)79(72(67-84)94-80)95-81-77(90)75(88)74(87)71(66-83)93-81)70(85)64-62-60-58-56-54-52-50-48-46-44-42-40-30-28-26-24-22-20-18-16-14-12-10-8-6-4-2/h5,7,11,13,17,19,23,25,29,31,33-34,36-37,39,41,62,64,69-72,74-81,83-85,87-91H,3-4,6,8-10,12,14-16,18,20-22,24,26-28,30,32,35,38,40,42-61,63,65-68H2,1-2H3,(H,82,86)/b7-5-,13-11-,19-17-,25-23-,31-29-,34-33-,37-36-,41-39-,64-62+. The maximum atomic E-state index is 13.4. The van der Waals surface area contributed by atoms with Crippen molar-refractivity contribution in [2.24, 2.45) is 0 Å². The summed E-state index contributed by atoms with van der Waals surface area (Å²) < 4.78 is 22.9. The molecule has 2 heterocycles. The molecule has 0 spiro atoms. The maximum Gasteiger partial charge on any atom is 0.220 e. The first-order valence-electron chi connectivity index (χ1n) is 38.6. The predicted molar refractivity (Wildman–Crippen MR) is 392 cm³/mol. The number of hydrogen-bond donors (Lipinski definition) is 9. The van der Waals surface area contributed by atoms with Crippen molar-refractivity contribution in [3.63, 3.8) is 0 Å². The Balaban J connectivity index is 1.65. The summed E-state index contributed by atoms with van der Waals surface area (Å²) in [7, 11) is 0. The summed E-state index contributed by atoms with van der Waals surface area (Å²) in [4.78, 5) is 13.4. The summed E-state index contributed by atoms with van der Waals surface area (Å²) in [5.41, 5.74) is 0. The number of hydrogen-bond acceptors (Lipinski definition) is 13. The van der Waals surface area contributed by atoms with Crippen LogP contribution in [-0.2, 0) is 23.7 Å². The van der Waals surface area contributed by atoms with E-state index in [0.29, 0.717) is 6.42 Å². The Kier molecular flexibility index (Phi) is 59.2. The molecule has 0 aromatic rings. The van der Waals surface area contributed by atoms with Gasteiger partial charge in [-0.15, -0.1) is 0 Å². The van der Waals surface area contributed by atoms with Crippen LogP contribution in [0.25, 0.3) is 0 Å². The summed E-state index contributed by atoms with van der Waals surface area (Å²) in [6, 6.07) is -0.926. The highest BCUT2D eigenvalue weighted by atomic mass is 16.7. The summed E-state index contributed by atoms with van der Waals surface area (Å²) in [5, 5.41) is 87.6. The Bertz CT molecular complexity index is 2010.